The average molecular weight is 324 g/mol. The molecule has 0 radical (unpaired) electrons. The standard InChI is InChI=1S/C16H24N2O3S/c1-12-4-6-18(7-5-12)22(19,20)16-11-15-14(10-13(16)2)17(3)8-9-21-15/h10-12H,4-9H2,1-3H3. The van der Waals surface area contributed by atoms with Crippen molar-refractivity contribution in [1.29, 1.82) is 0 Å². The fraction of sp³-hybridized carbons (Fsp3) is 0.625. The zero-order valence-electron chi connectivity index (χ0n) is 13.5. The minimum absolute atomic E-state index is 0.385. The van der Waals surface area contributed by atoms with Gasteiger partial charge in [0, 0.05) is 26.2 Å². The fourth-order valence-corrected chi connectivity index (χ4v) is 4.81. The Labute approximate surface area is 132 Å². The predicted octanol–water partition coefficient (Wildman–Crippen LogP) is 2.24. The maximum absolute atomic E-state index is 12.9. The zero-order chi connectivity index (χ0) is 15.9. The summed E-state index contributed by atoms with van der Waals surface area (Å²) < 4.78 is 33.2. The number of hydrogen-bond donors (Lipinski definition) is 0. The summed E-state index contributed by atoms with van der Waals surface area (Å²) in [5.41, 5.74) is 1.75. The van der Waals surface area contributed by atoms with Gasteiger partial charge in [0.15, 0.2) is 0 Å². The lowest BCUT2D eigenvalue weighted by Crippen LogP contribution is -2.38. The fourth-order valence-electron chi connectivity index (χ4n) is 3.12. The van der Waals surface area contributed by atoms with Crippen molar-refractivity contribution in [3.8, 4) is 5.75 Å². The summed E-state index contributed by atoms with van der Waals surface area (Å²) in [6, 6.07) is 3.63. The molecule has 1 aromatic rings. The maximum atomic E-state index is 12.9. The molecule has 5 nitrogen and oxygen atoms in total. The molecule has 0 amide bonds. The van der Waals surface area contributed by atoms with E-state index in [1.54, 1.807) is 10.4 Å². The molecule has 0 bridgehead atoms. The molecule has 0 aromatic heterocycles. The number of anilines is 1. The van der Waals surface area contributed by atoms with Crippen LogP contribution in [0.1, 0.15) is 25.3 Å². The highest BCUT2D eigenvalue weighted by Gasteiger charge is 2.31. The van der Waals surface area contributed by atoms with Gasteiger partial charge in [0.1, 0.15) is 12.4 Å². The van der Waals surface area contributed by atoms with Gasteiger partial charge in [-0.15, -0.1) is 0 Å². The number of rotatable bonds is 2. The Kier molecular flexibility index (Phi) is 4.07. The molecule has 2 heterocycles. The smallest absolute Gasteiger partial charge is 0.243 e. The summed E-state index contributed by atoms with van der Waals surface area (Å²) in [6.45, 7) is 6.68. The van der Waals surface area contributed by atoms with Crippen LogP contribution in [0.5, 0.6) is 5.75 Å². The van der Waals surface area contributed by atoms with Crippen LogP contribution in [-0.2, 0) is 10.0 Å². The molecule has 0 unspecified atom stereocenters. The summed E-state index contributed by atoms with van der Waals surface area (Å²) in [6.07, 6.45) is 1.87. The van der Waals surface area contributed by atoms with Gasteiger partial charge in [-0.3, -0.25) is 0 Å². The molecule has 1 saturated heterocycles. The second-order valence-electron chi connectivity index (χ2n) is 6.44. The highest BCUT2D eigenvalue weighted by atomic mass is 32.2. The highest BCUT2D eigenvalue weighted by Crippen LogP contribution is 2.36. The van der Waals surface area contributed by atoms with Gasteiger partial charge < -0.3 is 9.64 Å². The zero-order valence-corrected chi connectivity index (χ0v) is 14.3. The van der Waals surface area contributed by atoms with Crippen LogP contribution < -0.4 is 9.64 Å². The first kappa shape index (κ1) is 15.6. The molecule has 2 aliphatic rings. The third-order valence-electron chi connectivity index (χ3n) is 4.71. The average Bonchev–Trinajstić information content (AvgIpc) is 2.48. The van der Waals surface area contributed by atoms with E-state index in [1.165, 1.54) is 0 Å². The molecule has 0 spiro atoms. The Balaban J connectivity index is 1.97. The number of benzene rings is 1. The lowest BCUT2D eigenvalue weighted by molar-refractivity contribution is 0.287. The number of likely N-dealkylation sites (N-methyl/N-ethyl adjacent to an activating group) is 1. The lowest BCUT2D eigenvalue weighted by atomic mass is 10.0. The number of nitrogens with zero attached hydrogens (tertiary/aromatic N) is 2. The van der Waals surface area contributed by atoms with E-state index in [2.05, 4.69) is 11.8 Å². The van der Waals surface area contributed by atoms with E-state index < -0.39 is 10.0 Å². The summed E-state index contributed by atoms with van der Waals surface area (Å²) in [5, 5.41) is 0. The number of fused-ring (bicyclic) bond motifs is 1. The van der Waals surface area contributed by atoms with Crippen LogP contribution >= 0.6 is 0 Å². The van der Waals surface area contributed by atoms with E-state index in [0.717, 1.165) is 30.6 Å². The molecular formula is C16H24N2O3S. The first-order chi connectivity index (χ1) is 10.4. The highest BCUT2D eigenvalue weighted by molar-refractivity contribution is 7.89. The topological polar surface area (TPSA) is 49.9 Å². The van der Waals surface area contributed by atoms with Crippen molar-refractivity contribution in [2.45, 2.75) is 31.6 Å². The summed E-state index contributed by atoms with van der Waals surface area (Å²) in [5.74, 6) is 1.27. The van der Waals surface area contributed by atoms with Crippen LogP contribution in [0.15, 0.2) is 17.0 Å². The van der Waals surface area contributed by atoms with Crippen molar-refractivity contribution in [2.75, 3.05) is 38.2 Å². The molecule has 0 N–H and O–H groups in total. The monoisotopic (exact) mass is 324 g/mol. The lowest BCUT2D eigenvalue weighted by Gasteiger charge is -2.32. The Hall–Kier alpha value is -1.27. The minimum Gasteiger partial charge on any atom is -0.490 e. The van der Waals surface area contributed by atoms with Gasteiger partial charge in [0.2, 0.25) is 10.0 Å². The van der Waals surface area contributed by atoms with E-state index in [9.17, 15) is 8.42 Å². The molecule has 6 heteroatoms. The molecule has 2 aliphatic heterocycles. The van der Waals surface area contributed by atoms with E-state index in [1.807, 2.05) is 20.0 Å². The van der Waals surface area contributed by atoms with Gasteiger partial charge in [0.05, 0.1) is 17.1 Å². The molecule has 3 rings (SSSR count). The van der Waals surface area contributed by atoms with Gasteiger partial charge in [-0.05, 0) is 37.3 Å². The van der Waals surface area contributed by atoms with E-state index in [-0.39, 0.29) is 0 Å². The number of aryl methyl sites for hydroxylation is 1. The van der Waals surface area contributed by atoms with Crippen LogP contribution in [0.2, 0.25) is 0 Å². The van der Waals surface area contributed by atoms with Gasteiger partial charge in [0.25, 0.3) is 0 Å². The number of ether oxygens (including phenoxy) is 1. The quantitative estimate of drug-likeness (QED) is 0.837. The van der Waals surface area contributed by atoms with Gasteiger partial charge in [-0.25, -0.2) is 8.42 Å². The molecular weight excluding hydrogens is 300 g/mol. The van der Waals surface area contributed by atoms with Gasteiger partial charge >= 0.3 is 0 Å². The molecule has 1 fully saturated rings. The van der Waals surface area contributed by atoms with Crippen molar-refractivity contribution in [3.63, 3.8) is 0 Å². The van der Waals surface area contributed by atoms with Gasteiger partial charge in [-0.2, -0.15) is 4.31 Å². The van der Waals surface area contributed by atoms with Crippen LogP contribution in [0, 0.1) is 12.8 Å². The normalized spacial score (nSPS) is 20.6. The van der Waals surface area contributed by atoms with E-state index >= 15 is 0 Å². The molecule has 22 heavy (non-hydrogen) atoms. The molecule has 0 saturated carbocycles. The SMILES string of the molecule is Cc1cc2c(cc1S(=O)(=O)N1CCC(C)CC1)OCCN2C. The van der Waals surface area contributed by atoms with Crippen molar-refractivity contribution >= 4 is 15.7 Å². The van der Waals surface area contributed by atoms with Crippen LogP contribution in [-0.4, -0.2) is 46.0 Å². The Morgan fingerprint density at radius 3 is 2.55 bits per heavy atom. The number of piperidine rings is 1. The van der Waals surface area contributed by atoms with Crippen molar-refractivity contribution in [2.24, 2.45) is 5.92 Å². The maximum Gasteiger partial charge on any atom is 0.243 e. The Morgan fingerprint density at radius 2 is 1.86 bits per heavy atom. The van der Waals surface area contributed by atoms with Crippen LogP contribution in [0.3, 0.4) is 0 Å². The summed E-state index contributed by atoms with van der Waals surface area (Å²) in [7, 11) is -1.43. The first-order valence-electron chi connectivity index (χ1n) is 7.88. The molecule has 0 aliphatic carbocycles. The molecule has 122 valence electrons. The third-order valence-corrected chi connectivity index (χ3v) is 6.75. The van der Waals surface area contributed by atoms with Crippen molar-refractivity contribution < 1.29 is 13.2 Å². The van der Waals surface area contributed by atoms with Gasteiger partial charge in [-0.1, -0.05) is 6.92 Å². The van der Waals surface area contributed by atoms with Crippen LogP contribution in [0.25, 0.3) is 0 Å². The Bertz CT molecular complexity index is 664. The Morgan fingerprint density at radius 1 is 1.18 bits per heavy atom. The largest absolute Gasteiger partial charge is 0.490 e. The minimum atomic E-state index is -3.43. The molecule has 1 aromatic carbocycles. The second-order valence-corrected chi connectivity index (χ2v) is 8.35. The number of hydrogen-bond acceptors (Lipinski definition) is 4. The molecule has 0 atom stereocenters. The number of sulfonamides is 1. The summed E-state index contributed by atoms with van der Waals surface area (Å²) in [4.78, 5) is 2.49. The van der Waals surface area contributed by atoms with E-state index in [4.69, 9.17) is 4.74 Å². The first-order valence-corrected chi connectivity index (χ1v) is 9.32. The third kappa shape index (κ3) is 2.70. The van der Waals surface area contributed by atoms with E-state index in [0.29, 0.717) is 36.3 Å². The summed E-state index contributed by atoms with van der Waals surface area (Å²) >= 11 is 0. The predicted molar refractivity (Wildman–Crippen MR) is 87.1 cm³/mol. The van der Waals surface area contributed by atoms with Crippen molar-refractivity contribution in [3.05, 3.63) is 17.7 Å². The second kappa shape index (κ2) is 5.74. The van der Waals surface area contributed by atoms with Crippen molar-refractivity contribution in [1.82, 2.24) is 4.31 Å². The van der Waals surface area contributed by atoms with Crippen LogP contribution in [0.4, 0.5) is 5.69 Å².